The van der Waals surface area contributed by atoms with E-state index < -0.39 is 0 Å². The number of aryl methyl sites for hydroxylation is 1. The van der Waals surface area contributed by atoms with Crippen LogP contribution in [0.25, 0.3) is 38.8 Å². The highest BCUT2D eigenvalue weighted by Gasteiger charge is 2.20. The maximum atomic E-state index is 13.4. The topological polar surface area (TPSA) is 51.9 Å². The number of benzene rings is 3. The molecule has 1 saturated carbocycles. The van der Waals surface area contributed by atoms with Gasteiger partial charge in [0.15, 0.2) is 0 Å². The van der Waals surface area contributed by atoms with Gasteiger partial charge in [-0.3, -0.25) is 14.1 Å². The Labute approximate surface area is 190 Å². The molecule has 1 aliphatic carbocycles. The fourth-order valence-electron chi connectivity index (χ4n) is 4.37. The van der Waals surface area contributed by atoms with Crippen LogP contribution in [0.4, 0.5) is 4.39 Å². The lowest BCUT2D eigenvalue weighted by Gasteiger charge is -2.09. The van der Waals surface area contributed by atoms with Gasteiger partial charge in [0, 0.05) is 25.0 Å². The van der Waals surface area contributed by atoms with Crippen LogP contribution >= 0.6 is 0 Å². The Morgan fingerprint density at radius 3 is 2.45 bits per heavy atom. The second-order valence-corrected chi connectivity index (χ2v) is 8.73. The molecular formula is C27H23FN4O. The van der Waals surface area contributed by atoms with Crippen molar-refractivity contribution in [1.82, 2.24) is 19.4 Å². The van der Waals surface area contributed by atoms with Crippen molar-refractivity contribution in [2.45, 2.75) is 25.4 Å². The predicted octanol–water partition coefficient (Wildman–Crippen LogP) is 4.94. The van der Waals surface area contributed by atoms with Crippen LogP contribution in [0.1, 0.15) is 18.4 Å². The molecule has 1 aliphatic rings. The lowest BCUT2D eigenvalue weighted by atomic mass is 10.0. The first-order chi connectivity index (χ1) is 16.1. The molecule has 6 rings (SSSR count). The smallest absolute Gasteiger partial charge is 0.310 e. The Hall–Kier alpha value is -3.77. The zero-order valence-electron chi connectivity index (χ0n) is 18.3. The number of rotatable bonds is 5. The molecule has 0 spiro atoms. The van der Waals surface area contributed by atoms with E-state index in [2.05, 4.69) is 22.4 Å². The summed E-state index contributed by atoms with van der Waals surface area (Å²) >= 11 is 0. The fraction of sp³-hybridized carbons (Fsp3) is 0.185. The van der Waals surface area contributed by atoms with Crippen molar-refractivity contribution < 1.29 is 4.39 Å². The number of nitrogens with one attached hydrogen (secondary N) is 1. The van der Waals surface area contributed by atoms with Crippen LogP contribution in [0.15, 0.2) is 77.7 Å². The first-order valence-corrected chi connectivity index (χ1v) is 11.2. The SMILES string of the molecule is Cn1c(=O)n(-c2ccc(CNC3CC3)cc2)c2c3cc(-c4ccc(F)cc4)ccc3ncc21. The Balaban J connectivity index is 1.52. The Bertz CT molecular complexity index is 1540. The minimum Gasteiger partial charge on any atom is -0.310 e. The highest BCUT2D eigenvalue weighted by Crippen LogP contribution is 2.30. The van der Waals surface area contributed by atoms with Crippen LogP contribution in [0, 0.1) is 5.82 Å². The molecule has 0 amide bonds. The Kier molecular flexibility index (Phi) is 4.62. The average Bonchev–Trinajstić information content (AvgIpc) is 3.64. The minimum atomic E-state index is -0.267. The zero-order valence-corrected chi connectivity index (χ0v) is 18.3. The zero-order chi connectivity index (χ0) is 22.5. The van der Waals surface area contributed by atoms with E-state index in [1.54, 1.807) is 34.5 Å². The van der Waals surface area contributed by atoms with Crippen molar-refractivity contribution in [3.8, 4) is 16.8 Å². The van der Waals surface area contributed by atoms with Gasteiger partial charge in [0.1, 0.15) is 5.82 Å². The maximum absolute atomic E-state index is 13.4. The molecule has 0 unspecified atom stereocenters. The number of hydrogen-bond acceptors (Lipinski definition) is 3. The van der Waals surface area contributed by atoms with Gasteiger partial charge >= 0.3 is 5.69 Å². The predicted molar refractivity (Wildman–Crippen MR) is 129 cm³/mol. The summed E-state index contributed by atoms with van der Waals surface area (Å²) in [5.41, 5.74) is 6.15. The fourth-order valence-corrected chi connectivity index (χ4v) is 4.37. The van der Waals surface area contributed by atoms with Crippen molar-refractivity contribution in [3.63, 3.8) is 0 Å². The molecule has 1 N–H and O–H groups in total. The van der Waals surface area contributed by atoms with E-state index >= 15 is 0 Å². The Morgan fingerprint density at radius 1 is 1.00 bits per heavy atom. The lowest BCUT2D eigenvalue weighted by molar-refractivity contribution is 0.628. The number of hydrogen-bond donors (Lipinski definition) is 1. The first-order valence-electron chi connectivity index (χ1n) is 11.2. The maximum Gasteiger partial charge on any atom is 0.333 e. The molecule has 164 valence electrons. The Morgan fingerprint density at radius 2 is 1.73 bits per heavy atom. The van der Waals surface area contributed by atoms with E-state index in [-0.39, 0.29) is 11.5 Å². The van der Waals surface area contributed by atoms with E-state index in [0.29, 0.717) is 6.04 Å². The van der Waals surface area contributed by atoms with Gasteiger partial charge in [0.05, 0.1) is 28.4 Å². The molecule has 5 nitrogen and oxygen atoms in total. The van der Waals surface area contributed by atoms with E-state index in [0.717, 1.165) is 45.3 Å². The molecule has 3 aromatic carbocycles. The van der Waals surface area contributed by atoms with Gasteiger partial charge in [-0.1, -0.05) is 30.3 Å². The van der Waals surface area contributed by atoms with Crippen molar-refractivity contribution in [2.24, 2.45) is 7.05 Å². The van der Waals surface area contributed by atoms with Crippen molar-refractivity contribution >= 4 is 21.9 Å². The molecule has 0 atom stereocenters. The first kappa shape index (κ1) is 19.9. The van der Waals surface area contributed by atoms with E-state index in [1.165, 1.54) is 30.5 Å². The number of fused-ring (bicyclic) bond motifs is 3. The van der Waals surface area contributed by atoms with Crippen LogP contribution in [0.3, 0.4) is 0 Å². The van der Waals surface area contributed by atoms with Gasteiger partial charge in [-0.2, -0.15) is 0 Å². The van der Waals surface area contributed by atoms with E-state index in [1.807, 2.05) is 30.3 Å². The molecule has 1 fully saturated rings. The molecule has 5 aromatic rings. The summed E-state index contributed by atoms with van der Waals surface area (Å²) in [5.74, 6) is -0.267. The summed E-state index contributed by atoms with van der Waals surface area (Å²) < 4.78 is 16.8. The number of pyridine rings is 1. The second kappa shape index (κ2) is 7.67. The molecule has 0 saturated heterocycles. The third kappa shape index (κ3) is 3.52. The molecule has 2 aromatic heterocycles. The number of nitrogens with zero attached hydrogens (tertiary/aromatic N) is 3. The molecule has 0 radical (unpaired) electrons. The van der Waals surface area contributed by atoms with Gasteiger partial charge in [-0.05, 0) is 65.9 Å². The van der Waals surface area contributed by atoms with Crippen LogP contribution in [0.2, 0.25) is 0 Å². The highest BCUT2D eigenvalue weighted by atomic mass is 19.1. The molecule has 0 aliphatic heterocycles. The summed E-state index contributed by atoms with van der Waals surface area (Å²) in [4.78, 5) is 17.9. The summed E-state index contributed by atoms with van der Waals surface area (Å²) in [7, 11) is 1.77. The molecule has 0 bridgehead atoms. The van der Waals surface area contributed by atoms with Crippen molar-refractivity contribution in [1.29, 1.82) is 0 Å². The molecule has 33 heavy (non-hydrogen) atoms. The number of imidazole rings is 1. The lowest BCUT2D eigenvalue weighted by Crippen LogP contribution is -2.21. The van der Waals surface area contributed by atoms with E-state index in [4.69, 9.17) is 0 Å². The van der Waals surface area contributed by atoms with Crippen LogP contribution in [-0.2, 0) is 13.6 Å². The van der Waals surface area contributed by atoms with Crippen molar-refractivity contribution in [3.05, 3.63) is 94.8 Å². The number of aromatic nitrogens is 3. The van der Waals surface area contributed by atoms with Crippen LogP contribution in [0.5, 0.6) is 0 Å². The normalized spacial score (nSPS) is 13.8. The summed E-state index contributed by atoms with van der Waals surface area (Å²) in [6.07, 6.45) is 4.26. The van der Waals surface area contributed by atoms with Crippen LogP contribution < -0.4 is 11.0 Å². The molecular weight excluding hydrogens is 415 g/mol. The molecule has 2 heterocycles. The van der Waals surface area contributed by atoms with Gasteiger partial charge in [0.25, 0.3) is 0 Å². The van der Waals surface area contributed by atoms with Gasteiger partial charge in [-0.25, -0.2) is 9.18 Å². The van der Waals surface area contributed by atoms with Crippen LogP contribution in [-0.4, -0.2) is 20.2 Å². The van der Waals surface area contributed by atoms with Gasteiger partial charge in [0.2, 0.25) is 0 Å². The summed E-state index contributed by atoms with van der Waals surface area (Å²) in [5, 5.41) is 4.40. The largest absolute Gasteiger partial charge is 0.333 e. The standard InChI is InChI=1S/C27H23FN4O/c1-31-25-16-30-24-13-6-19(18-4-7-20(28)8-5-18)14-23(24)26(25)32(27(31)33)22-11-2-17(3-12-22)15-29-21-9-10-21/h2-8,11-14,16,21,29H,9-10,15H2,1H3. The van der Waals surface area contributed by atoms with E-state index in [9.17, 15) is 9.18 Å². The monoisotopic (exact) mass is 438 g/mol. The second-order valence-electron chi connectivity index (χ2n) is 8.73. The summed E-state index contributed by atoms with van der Waals surface area (Å²) in [6.45, 7) is 0.837. The third-order valence-corrected chi connectivity index (χ3v) is 6.43. The highest BCUT2D eigenvalue weighted by molar-refractivity contribution is 6.04. The minimum absolute atomic E-state index is 0.115. The quantitative estimate of drug-likeness (QED) is 0.423. The van der Waals surface area contributed by atoms with Crippen molar-refractivity contribution in [2.75, 3.05) is 0 Å². The summed E-state index contributed by atoms with van der Waals surface area (Å²) in [6, 6.07) is 21.2. The number of halogens is 1. The van der Waals surface area contributed by atoms with Gasteiger partial charge < -0.3 is 5.32 Å². The molecule has 6 heteroatoms. The third-order valence-electron chi connectivity index (χ3n) is 6.43. The van der Waals surface area contributed by atoms with Gasteiger partial charge in [-0.15, -0.1) is 0 Å². The average molecular weight is 439 g/mol.